The number of hydrogen-bond acceptors (Lipinski definition) is 9. The number of hydrogen-bond donors (Lipinski definition) is 3. The van der Waals surface area contributed by atoms with Crippen LogP contribution in [0.25, 0.3) is 5.52 Å². The number of carbonyl (C=O) groups is 1. The Bertz CT molecular complexity index is 905. The fraction of sp³-hybridized carbons (Fsp3) is 0.556. The van der Waals surface area contributed by atoms with Gasteiger partial charge in [0, 0.05) is 0 Å². The molecule has 4 atom stereocenters. The Balaban J connectivity index is 2.01. The van der Waals surface area contributed by atoms with Gasteiger partial charge in [0.25, 0.3) is 0 Å². The largest absolute Gasteiger partial charge is 0.456 e. The molecular weight excluding hydrogens is 366 g/mol. The first-order valence-electron chi connectivity index (χ1n) is 9.10. The average molecular weight is 389 g/mol. The summed E-state index contributed by atoms with van der Waals surface area (Å²) in [5.74, 6) is -0.654. The van der Waals surface area contributed by atoms with Crippen LogP contribution in [0.2, 0.25) is 0 Å². The van der Waals surface area contributed by atoms with Gasteiger partial charge in [-0.2, -0.15) is 10.4 Å². The van der Waals surface area contributed by atoms with E-state index in [1.165, 1.54) is 16.9 Å². The zero-order valence-corrected chi connectivity index (χ0v) is 15.6. The van der Waals surface area contributed by atoms with Crippen LogP contribution in [0.3, 0.4) is 0 Å². The van der Waals surface area contributed by atoms with Crippen molar-refractivity contribution in [2.45, 2.75) is 50.6 Å². The second-order valence-electron chi connectivity index (χ2n) is 6.71. The molecule has 1 aliphatic rings. The van der Waals surface area contributed by atoms with Crippen LogP contribution in [0.4, 0.5) is 5.82 Å². The number of ether oxygens (including phenoxy) is 2. The molecule has 2 aromatic heterocycles. The van der Waals surface area contributed by atoms with Crippen LogP contribution < -0.4 is 5.73 Å². The Kier molecular flexibility index (Phi) is 5.51. The highest BCUT2D eigenvalue weighted by molar-refractivity contribution is 5.72. The first-order chi connectivity index (χ1) is 13.4. The number of anilines is 1. The maximum atomic E-state index is 12.4. The Morgan fingerprint density at radius 1 is 1.50 bits per heavy atom. The lowest BCUT2D eigenvalue weighted by molar-refractivity contribution is -0.161. The fourth-order valence-electron chi connectivity index (χ4n) is 3.54. The number of aliphatic hydroxyl groups excluding tert-OH is 2. The molecule has 0 unspecified atom stereocenters. The van der Waals surface area contributed by atoms with Gasteiger partial charge in [-0.1, -0.05) is 13.8 Å². The molecular formula is C18H23N5O5. The van der Waals surface area contributed by atoms with Crippen molar-refractivity contribution in [1.29, 1.82) is 5.26 Å². The summed E-state index contributed by atoms with van der Waals surface area (Å²) in [6.45, 7) is 3.18. The quantitative estimate of drug-likeness (QED) is 0.584. The maximum Gasteiger partial charge on any atom is 0.309 e. The van der Waals surface area contributed by atoms with Crippen LogP contribution in [-0.4, -0.2) is 55.7 Å². The third kappa shape index (κ3) is 2.97. The Morgan fingerprint density at radius 3 is 2.82 bits per heavy atom. The van der Waals surface area contributed by atoms with Crippen molar-refractivity contribution in [1.82, 2.24) is 14.6 Å². The standard InChI is InChI=1S/C18H23N5O5/c1-3-10(4-2)17(26)27-14-12(7-24)28-18(8-19,15(14)25)13-6-5-11-16(20)21-9-22-23(11)13/h5-6,9-10,12,14-15,24-25H,3-4,7H2,1-2H3,(H2,20,21,22)/t12-,14-,15-,18+/m1/s1. The first-order valence-corrected chi connectivity index (χ1v) is 9.10. The summed E-state index contributed by atoms with van der Waals surface area (Å²) < 4.78 is 12.6. The molecule has 2 aromatic rings. The molecule has 10 heteroatoms. The maximum absolute atomic E-state index is 12.4. The summed E-state index contributed by atoms with van der Waals surface area (Å²) in [6.07, 6.45) is -1.45. The molecule has 0 bridgehead atoms. The van der Waals surface area contributed by atoms with Crippen LogP contribution in [0.5, 0.6) is 0 Å². The van der Waals surface area contributed by atoms with Gasteiger partial charge in [-0.15, -0.1) is 0 Å². The van der Waals surface area contributed by atoms with Crippen LogP contribution >= 0.6 is 0 Å². The number of nitrogens with zero attached hydrogens (tertiary/aromatic N) is 4. The molecule has 0 aromatic carbocycles. The number of fused-ring (bicyclic) bond motifs is 1. The monoisotopic (exact) mass is 389 g/mol. The normalized spacial score (nSPS) is 27.2. The van der Waals surface area contributed by atoms with Crippen molar-refractivity contribution in [3.05, 3.63) is 24.2 Å². The summed E-state index contributed by atoms with van der Waals surface area (Å²) >= 11 is 0. The molecule has 1 saturated heterocycles. The number of nitrogens with two attached hydrogens (primary N) is 1. The highest BCUT2D eigenvalue weighted by atomic mass is 16.6. The van der Waals surface area contributed by atoms with Crippen molar-refractivity contribution in [2.75, 3.05) is 12.3 Å². The van der Waals surface area contributed by atoms with Gasteiger partial charge >= 0.3 is 5.97 Å². The molecule has 28 heavy (non-hydrogen) atoms. The van der Waals surface area contributed by atoms with E-state index < -0.39 is 36.5 Å². The minimum absolute atomic E-state index is 0.192. The highest BCUT2D eigenvalue weighted by Gasteiger charge is 2.59. The number of aliphatic hydroxyl groups is 2. The van der Waals surface area contributed by atoms with E-state index in [4.69, 9.17) is 15.2 Å². The minimum Gasteiger partial charge on any atom is -0.456 e. The second-order valence-corrected chi connectivity index (χ2v) is 6.71. The third-order valence-electron chi connectivity index (χ3n) is 5.21. The molecule has 0 aliphatic carbocycles. The third-order valence-corrected chi connectivity index (χ3v) is 5.21. The molecule has 0 amide bonds. The van der Waals surface area contributed by atoms with Crippen LogP contribution in [0.15, 0.2) is 18.5 Å². The second kappa shape index (κ2) is 7.71. The van der Waals surface area contributed by atoms with Gasteiger partial charge in [-0.05, 0) is 25.0 Å². The lowest BCUT2D eigenvalue weighted by atomic mass is 9.92. The van der Waals surface area contributed by atoms with Crippen molar-refractivity contribution in [2.24, 2.45) is 5.92 Å². The van der Waals surface area contributed by atoms with Crippen molar-refractivity contribution in [3.8, 4) is 6.07 Å². The Labute approximate surface area is 161 Å². The first kappa shape index (κ1) is 20.0. The predicted molar refractivity (Wildman–Crippen MR) is 96.6 cm³/mol. The van der Waals surface area contributed by atoms with Crippen LogP contribution in [0, 0.1) is 17.2 Å². The summed E-state index contributed by atoms with van der Waals surface area (Å²) in [6, 6.07) is 5.10. The topological polar surface area (TPSA) is 156 Å². The van der Waals surface area contributed by atoms with E-state index in [2.05, 4.69) is 10.1 Å². The van der Waals surface area contributed by atoms with Crippen molar-refractivity contribution >= 4 is 17.3 Å². The van der Waals surface area contributed by atoms with Gasteiger partial charge in [0.1, 0.15) is 30.1 Å². The van der Waals surface area contributed by atoms with Gasteiger partial charge in [-0.25, -0.2) is 9.50 Å². The molecule has 10 nitrogen and oxygen atoms in total. The number of nitrogen functional groups attached to an aromatic ring is 1. The van der Waals surface area contributed by atoms with E-state index in [9.17, 15) is 20.3 Å². The predicted octanol–water partition coefficient (Wildman–Crippen LogP) is 0.130. The lowest BCUT2D eigenvalue weighted by Crippen LogP contribution is -2.43. The molecule has 0 spiro atoms. The summed E-state index contributed by atoms with van der Waals surface area (Å²) in [4.78, 5) is 16.3. The molecule has 150 valence electrons. The summed E-state index contributed by atoms with van der Waals surface area (Å²) in [5.41, 5.74) is 4.56. The summed E-state index contributed by atoms with van der Waals surface area (Å²) in [7, 11) is 0. The Hall–Kier alpha value is -2.74. The van der Waals surface area contributed by atoms with Gasteiger partial charge in [0.15, 0.2) is 11.9 Å². The molecule has 1 aliphatic heterocycles. The van der Waals surface area contributed by atoms with Gasteiger partial charge in [0.2, 0.25) is 5.60 Å². The van der Waals surface area contributed by atoms with Gasteiger partial charge < -0.3 is 25.4 Å². The van der Waals surface area contributed by atoms with Gasteiger partial charge in [-0.3, -0.25) is 4.79 Å². The van der Waals surface area contributed by atoms with Crippen LogP contribution in [0.1, 0.15) is 32.4 Å². The smallest absolute Gasteiger partial charge is 0.309 e. The zero-order valence-electron chi connectivity index (χ0n) is 15.6. The molecule has 3 rings (SSSR count). The SMILES string of the molecule is CCC(CC)C(=O)O[C@H]1[C@@H](O)[C@](C#N)(c2ccc3c(N)ncnn23)O[C@@H]1CO. The molecule has 4 N–H and O–H groups in total. The zero-order chi connectivity index (χ0) is 20.5. The number of rotatable bonds is 6. The van der Waals surface area contributed by atoms with E-state index >= 15 is 0 Å². The fourth-order valence-corrected chi connectivity index (χ4v) is 3.54. The van der Waals surface area contributed by atoms with Crippen molar-refractivity contribution in [3.63, 3.8) is 0 Å². The van der Waals surface area contributed by atoms with E-state index in [-0.39, 0.29) is 17.4 Å². The average Bonchev–Trinajstić information content (AvgIpc) is 3.24. The minimum atomic E-state index is -1.90. The molecule has 3 heterocycles. The molecule has 0 radical (unpaired) electrons. The van der Waals surface area contributed by atoms with E-state index in [1.807, 2.05) is 19.9 Å². The highest BCUT2D eigenvalue weighted by Crippen LogP contribution is 2.41. The van der Waals surface area contributed by atoms with E-state index in [1.54, 1.807) is 6.07 Å². The van der Waals surface area contributed by atoms with Crippen molar-refractivity contribution < 1.29 is 24.5 Å². The van der Waals surface area contributed by atoms with E-state index in [0.29, 0.717) is 18.4 Å². The lowest BCUT2D eigenvalue weighted by Gasteiger charge is -2.25. The molecule has 0 saturated carbocycles. The number of esters is 1. The van der Waals surface area contributed by atoms with Gasteiger partial charge in [0.05, 0.1) is 18.2 Å². The molecule has 1 fully saturated rings. The van der Waals surface area contributed by atoms with Crippen LogP contribution in [-0.2, 0) is 19.9 Å². The summed E-state index contributed by atoms with van der Waals surface area (Å²) in [5, 5.41) is 34.7. The number of carbonyl (C=O) groups excluding carboxylic acids is 1. The number of nitriles is 1. The van der Waals surface area contributed by atoms with E-state index in [0.717, 1.165) is 0 Å². The number of aromatic nitrogens is 3. The Morgan fingerprint density at radius 2 is 2.21 bits per heavy atom.